The van der Waals surface area contributed by atoms with Crippen molar-refractivity contribution in [2.45, 2.75) is 38.8 Å². The average Bonchev–Trinajstić information content (AvgIpc) is 2.52. The van der Waals surface area contributed by atoms with E-state index in [1.165, 1.54) is 0 Å². The molecule has 0 aliphatic heterocycles. The minimum absolute atomic E-state index is 0.558. The summed E-state index contributed by atoms with van der Waals surface area (Å²) in [7, 11) is 0. The second-order valence-corrected chi connectivity index (χ2v) is 6.72. The maximum absolute atomic E-state index is 12.9. The molecule has 2 rings (SSSR count). The molecule has 4 heteroatoms. The first kappa shape index (κ1) is 17.6. The smallest absolute Gasteiger partial charge is 0.352 e. The monoisotopic (exact) mass is 322 g/mol. The number of carbonyl (C=O) groups is 1. The summed E-state index contributed by atoms with van der Waals surface area (Å²) in [6.07, 6.45) is 0. The van der Waals surface area contributed by atoms with Gasteiger partial charge in [0.15, 0.2) is 0 Å². The van der Waals surface area contributed by atoms with Crippen LogP contribution in [0.2, 0.25) is 0 Å². The van der Waals surface area contributed by atoms with E-state index in [2.05, 4.69) is 11.4 Å². The summed E-state index contributed by atoms with van der Waals surface area (Å²) < 4.78 is 5.54. The zero-order valence-electron chi connectivity index (χ0n) is 14.5. The molecule has 2 aromatic carbocycles. The highest BCUT2D eigenvalue weighted by Gasteiger charge is 2.44. The Morgan fingerprint density at radius 3 is 2.29 bits per heavy atom. The van der Waals surface area contributed by atoms with Crippen LogP contribution in [0.5, 0.6) is 0 Å². The standard InChI is InChI=1S/C20H22N2O2/c1-15-9-8-10-16(13-15)20(14-21,18(23)24-19(2,3)4)22-17-11-6-5-7-12-17/h5-13,22H,1-4H3/t20-/m1/s1. The van der Waals surface area contributed by atoms with E-state index >= 15 is 0 Å². The molecular weight excluding hydrogens is 300 g/mol. The van der Waals surface area contributed by atoms with Crippen molar-refractivity contribution in [1.29, 1.82) is 5.26 Å². The van der Waals surface area contributed by atoms with Gasteiger partial charge in [0.05, 0.1) is 0 Å². The number of nitrogens with zero attached hydrogens (tertiary/aromatic N) is 1. The summed E-state index contributed by atoms with van der Waals surface area (Å²) >= 11 is 0. The lowest BCUT2D eigenvalue weighted by molar-refractivity contribution is -0.158. The van der Waals surface area contributed by atoms with Crippen molar-refractivity contribution in [2.75, 3.05) is 5.32 Å². The van der Waals surface area contributed by atoms with E-state index in [1.807, 2.05) is 55.5 Å². The summed E-state index contributed by atoms with van der Waals surface area (Å²) in [5, 5.41) is 13.0. The molecule has 0 spiro atoms. The highest BCUT2D eigenvalue weighted by Crippen LogP contribution is 2.30. The summed E-state index contributed by atoms with van der Waals surface area (Å²) in [6.45, 7) is 7.27. The predicted octanol–water partition coefficient (Wildman–Crippen LogP) is 4.17. The Balaban J connectivity index is 2.54. The number of nitriles is 1. The zero-order chi connectivity index (χ0) is 17.8. The molecular formula is C20H22N2O2. The van der Waals surface area contributed by atoms with Gasteiger partial charge in [0.2, 0.25) is 5.54 Å². The SMILES string of the molecule is Cc1cccc([C@@](C#N)(Nc2ccccc2)C(=O)OC(C)(C)C)c1. The molecule has 0 fully saturated rings. The summed E-state index contributed by atoms with van der Waals surface area (Å²) in [5.41, 5.74) is -0.109. The lowest BCUT2D eigenvalue weighted by Gasteiger charge is -2.31. The Morgan fingerprint density at radius 1 is 1.08 bits per heavy atom. The molecule has 0 aliphatic rings. The van der Waals surface area contributed by atoms with Crippen LogP contribution in [0.4, 0.5) is 5.69 Å². The van der Waals surface area contributed by atoms with Crippen molar-refractivity contribution in [3.63, 3.8) is 0 Å². The third-order valence-corrected chi connectivity index (χ3v) is 3.43. The van der Waals surface area contributed by atoms with Gasteiger partial charge in [0, 0.05) is 11.3 Å². The molecule has 124 valence electrons. The van der Waals surface area contributed by atoms with Crippen LogP contribution in [-0.2, 0) is 15.1 Å². The molecule has 0 amide bonds. The highest BCUT2D eigenvalue weighted by atomic mass is 16.6. The van der Waals surface area contributed by atoms with Gasteiger partial charge < -0.3 is 10.1 Å². The van der Waals surface area contributed by atoms with Crippen LogP contribution < -0.4 is 5.32 Å². The van der Waals surface area contributed by atoms with Crippen molar-refractivity contribution in [2.24, 2.45) is 0 Å². The molecule has 2 aromatic rings. The molecule has 0 aromatic heterocycles. The lowest BCUT2D eigenvalue weighted by Crippen LogP contribution is -2.46. The van der Waals surface area contributed by atoms with Gasteiger partial charge in [-0.15, -0.1) is 0 Å². The molecule has 0 saturated heterocycles. The fourth-order valence-corrected chi connectivity index (χ4v) is 2.35. The molecule has 24 heavy (non-hydrogen) atoms. The Kier molecular flexibility index (Phi) is 4.94. The van der Waals surface area contributed by atoms with Crippen molar-refractivity contribution < 1.29 is 9.53 Å². The number of ether oxygens (including phenoxy) is 1. The van der Waals surface area contributed by atoms with Crippen LogP contribution in [0.3, 0.4) is 0 Å². The highest BCUT2D eigenvalue weighted by molar-refractivity contribution is 5.90. The normalized spacial score (nSPS) is 13.5. The topological polar surface area (TPSA) is 62.1 Å². The van der Waals surface area contributed by atoms with Crippen molar-refractivity contribution >= 4 is 11.7 Å². The maximum atomic E-state index is 12.9. The number of carbonyl (C=O) groups excluding carboxylic acids is 1. The zero-order valence-corrected chi connectivity index (χ0v) is 14.5. The van der Waals surface area contributed by atoms with E-state index < -0.39 is 17.1 Å². The Labute approximate surface area is 143 Å². The summed E-state index contributed by atoms with van der Waals surface area (Å²) in [6, 6.07) is 18.7. The molecule has 1 N–H and O–H groups in total. The van der Waals surface area contributed by atoms with Crippen LogP contribution in [-0.4, -0.2) is 11.6 Å². The number of nitrogens with one attached hydrogen (secondary N) is 1. The largest absolute Gasteiger partial charge is 0.457 e. The van der Waals surface area contributed by atoms with Crippen LogP contribution in [0.15, 0.2) is 54.6 Å². The Bertz CT molecular complexity index is 757. The molecule has 0 heterocycles. The van der Waals surface area contributed by atoms with Gasteiger partial charge in [-0.1, -0.05) is 48.0 Å². The number of anilines is 1. The lowest BCUT2D eigenvalue weighted by atomic mass is 9.89. The van der Waals surface area contributed by atoms with Gasteiger partial charge in [0.1, 0.15) is 11.7 Å². The fourth-order valence-electron chi connectivity index (χ4n) is 2.35. The third-order valence-electron chi connectivity index (χ3n) is 3.43. The maximum Gasteiger partial charge on any atom is 0.352 e. The number of para-hydroxylation sites is 1. The van der Waals surface area contributed by atoms with Crippen molar-refractivity contribution in [3.8, 4) is 6.07 Å². The molecule has 1 atom stereocenters. The second kappa shape index (κ2) is 6.76. The number of rotatable bonds is 4. The molecule has 0 unspecified atom stereocenters. The summed E-state index contributed by atoms with van der Waals surface area (Å²) in [4.78, 5) is 12.9. The van der Waals surface area contributed by atoms with Crippen LogP contribution in [0, 0.1) is 18.3 Å². The van der Waals surface area contributed by atoms with Gasteiger partial charge in [0.25, 0.3) is 0 Å². The van der Waals surface area contributed by atoms with E-state index in [0.717, 1.165) is 5.56 Å². The van der Waals surface area contributed by atoms with Gasteiger partial charge in [-0.25, -0.2) is 4.79 Å². The van der Waals surface area contributed by atoms with Gasteiger partial charge in [-0.2, -0.15) is 5.26 Å². The first-order chi connectivity index (χ1) is 11.3. The third kappa shape index (κ3) is 3.94. The first-order valence-corrected chi connectivity index (χ1v) is 7.82. The number of benzene rings is 2. The van der Waals surface area contributed by atoms with Crippen LogP contribution in [0.25, 0.3) is 0 Å². The van der Waals surface area contributed by atoms with E-state index in [-0.39, 0.29) is 0 Å². The molecule has 0 radical (unpaired) electrons. The Morgan fingerprint density at radius 2 is 1.75 bits per heavy atom. The second-order valence-electron chi connectivity index (χ2n) is 6.72. The van der Waals surface area contributed by atoms with Gasteiger partial charge >= 0.3 is 5.97 Å². The van der Waals surface area contributed by atoms with Crippen LogP contribution >= 0.6 is 0 Å². The average molecular weight is 322 g/mol. The quantitative estimate of drug-likeness (QED) is 0.858. The molecule has 4 nitrogen and oxygen atoms in total. The minimum Gasteiger partial charge on any atom is -0.457 e. The minimum atomic E-state index is -1.61. The molecule has 0 aliphatic carbocycles. The van der Waals surface area contributed by atoms with Gasteiger partial charge in [-0.3, -0.25) is 0 Å². The number of hydrogen-bond acceptors (Lipinski definition) is 4. The predicted molar refractivity (Wildman–Crippen MR) is 94.4 cm³/mol. The van der Waals surface area contributed by atoms with E-state index in [4.69, 9.17) is 4.74 Å². The van der Waals surface area contributed by atoms with E-state index in [9.17, 15) is 10.1 Å². The van der Waals surface area contributed by atoms with E-state index in [0.29, 0.717) is 11.3 Å². The van der Waals surface area contributed by atoms with E-state index in [1.54, 1.807) is 26.8 Å². The van der Waals surface area contributed by atoms with Gasteiger partial charge in [-0.05, 0) is 39.8 Å². The Hall–Kier alpha value is -2.80. The number of esters is 1. The first-order valence-electron chi connectivity index (χ1n) is 7.82. The fraction of sp³-hybridized carbons (Fsp3) is 0.300. The summed E-state index contributed by atoms with van der Waals surface area (Å²) in [5.74, 6) is -0.619. The van der Waals surface area contributed by atoms with Crippen molar-refractivity contribution in [1.82, 2.24) is 0 Å². The van der Waals surface area contributed by atoms with Crippen LogP contribution in [0.1, 0.15) is 31.9 Å². The molecule has 0 saturated carbocycles. The number of aryl methyl sites for hydroxylation is 1. The number of hydrogen-bond donors (Lipinski definition) is 1. The molecule has 0 bridgehead atoms. The van der Waals surface area contributed by atoms with Crippen molar-refractivity contribution in [3.05, 3.63) is 65.7 Å².